The highest BCUT2D eigenvalue weighted by molar-refractivity contribution is 7.73. The first-order chi connectivity index (χ1) is 15.4. The van der Waals surface area contributed by atoms with Gasteiger partial charge in [-0.2, -0.15) is 0 Å². The molecule has 0 radical (unpaired) electrons. The first kappa shape index (κ1) is 22.7. The maximum absolute atomic E-state index is 14.8. The normalized spacial score (nSPS) is 16.9. The fourth-order valence-corrected chi connectivity index (χ4v) is 6.31. The molecule has 172 valence electrons. The van der Waals surface area contributed by atoms with Gasteiger partial charge in [-0.25, -0.2) is 22.0 Å². The van der Waals surface area contributed by atoms with Crippen molar-refractivity contribution in [2.75, 3.05) is 18.4 Å². The topological polar surface area (TPSA) is 72.7 Å². The van der Waals surface area contributed by atoms with Gasteiger partial charge in [-0.15, -0.1) is 0 Å². The molecule has 0 fully saturated rings. The zero-order valence-electron chi connectivity index (χ0n) is 17.3. The smallest absolute Gasteiger partial charge is 0.311 e. The molecule has 0 aromatic heterocycles. The molecule has 3 aromatic carbocycles. The molecule has 33 heavy (non-hydrogen) atoms. The summed E-state index contributed by atoms with van der Waals surface area (Å²) in [5.74, 6) is -11.5. The average molecular weight is 484 g/mol. The van der Waals surface area contributed by atoms with Crippen LogP contribution in [0.4, 0.5) is 39.0 Å². The van der Waals surface area contributed by atoms with Gasteiger partial charge in [-0.1, -0.05) is 17.7 Å². The summed E-state index contributed by atoms with van der Waals surface area (Å²) in [6.45, 7) is 2.76. The Balaban J connectivity index is 2.20. The molecule has 0 bridgehead atoms. The number of fused-ring (bicyclic) bond motifs is 3. The molecule has 0 aliphatic carbocycles. The van der Waals surface area contributed by atoms with Gasteiger partial charge in [0.2, 0.25) is 13.1 Å². The molecular formula is C21H14F5N2O4P. The van der Waals surface area contributed by atoms with E-state index in [9.17, 15) is 36.6 Å². The van der Waals surface area contributed by atoms with Crippen LogP contribution in [0.25, 0.3) is 11.1 Å². The largest absolute Gasteiger partial charge is 0.490 e. The molecule has 3 aromatic rings. The Kier molecular flexibility index (Phi) is 5.20. The lowest BCUT2D eigenvalue weighted by atomic mass is 10.00. The van der Waals surface area contributed by atoms with Gasteiger partial charge in [0.15, 0.2) is 29.0 Å². The highest BCUT2D eigenvalue weighted by Crippen LogP contribution is 2.62. The van der Waals surface area contributed by atoms with E-state index in [1.807, 2.05) is 0 Å². The highest BCUT2D eigenvalue weighted by Gasteiger charge is 2.43. The number of nitro groups is 1. The van der Waals surface area contributed by atoms with Crippen LogP contribution in [0.1, 0.15) is 5.56 Å². The summed E-state index contributed by atoms with van der Waals surface area (Å²) >= 11 is 0. The van der Waals surface area contributed by atoms with E-state index >= 15 is 0 Å². The number of hydrogen-bond acceptors (Lipinski definition) is 4. The van der Waals surface area contributed by atoms with Crippen molar-refractivity contribution in [3.8, 4) is 16.9 Å². The third kappa shape index (κ3) is 3.18. The minimum absolute atomic E-state index is 0.00904. The average Bonchev–Trinajstić information content (AvgIpc) is 2.77. The Morgan fingerprint density at radius 2 is 1.52 bits per heavy atom. The maximum atomic E-state index is 14.8. The Morgan fingerprint density at radius 1 is 0.939 bits per heavy atom. The van der Waals surface area contributed by atoms with Crippen molar-refractivity contribution in [2.45, 2.75) is 6.92 Å². The van der Waals surface area contributed by atoms with Gasteiger partial charge in [-0.3, -0.25) is 19.3 Å². The first-order valence-electron chi connectivity index (χ1n) is 9.29. The third-order valence-electron chi connectivity index (χ3n) is 5.39. The van der Waals surface area contributed by atoms with Crippen molar-refractivity contribution < 1.29 is 36.2 Å². The summed E-state index contributed by atoms with van der Waals surface area (Å²) in [6.07, 6.45) is 0. The molecule has 0 saturated carbocycles. The Bertz CT molecular complexity index is 1380. The standard InChI is InChI=1S/C21H14F5N2O4P/c1-9-4-5-10-11-7-13(28(29)30)14(32-2)8-12(11)27(33(3,31)15(10)6-9)21-19(25)17(23)16(22)18(24)20(21)26/h4-8H,1-3H3/t33-/m0/s1. The maximum Gasteiger partial charge on any atom is 0.311 e. The van der Waals surface area contributed by atoms with Crippen molar-refractivity contribution in [1.29, 1.82) is 0 Å². The Morgan fingerprint density at radius 3 is 2.06 bits per heavy atom. The fraction of sp³-hybridized carbons (Fsp3) is 0.143. The number of nitro benzene ring substituents is 1. The predicted molar refractivity (Wildman–Crippen MR) is 111 cm³/mol. The lowest BCUT2D eigenvalue weighted by Crippen LogP contribution is -2.29. The van der Waals surface area contributed by atoms with Crippen LogP contribution in [0.15, 0.2) is 30.3 Å². The summed E-state index contributed by atoms with van der Waals surface area (Å²) in [4.78, 5) is 10.8. The lowest BCUT2D eigenvalue weighted by molar-refractivity contribution is -0.385. The van der Waals surface area contributed by atoms with Crippen molar-refractivity contribution in [1.82, 2.24) is 0 Å². The molecule has 1 atom stereocenters. The van der Waals surface area contributed by atoms with Crippen LogP contribution < -0.4 is 14.7 Å². The fourth-order valence-electron chi connectivity index (χ4n) is 3.87. The molecule has 12 heteroatoms. The zero-order chi connectivity index (χ0) is 24.4. The number of nitrogens with zero attached hydrogens (tertiary/aromatic N) is 2. The summed E-state index contributed by atoms with van der Waals surface area (Å²) in [6, 6.07) is 6.62. The SMILES string of the molecule is COc1cc2c(cc1[N+](=O)[O-])-c1ccc(C)cc1[P@](C)(=O)N2c1c(F)c(F)c(F)c(F)c1F. The summed E-state index contributed by atoms with van der Waals surface area (Å²) in [5.41, 5.74) is -1.35. The number of hydrogen-bond donors (Lipinski definition) is 0. The van der Waals surface area contributed by atoms with Crippen molar-refractivity contribution >= 4 is 29.7 Å². The van der Waals surface area contributed by atoms with Crippen molar-refractivity contribution in [3.05, 3.63) is 75.1 Å². The molecule has 0 N–H and O–H groups in total. The molecule has 0 unspecified atom stereocenters. The van der Waals surface area contributed by atoms with E-state index in [2.05, 4.69) is 0 Å². The van der Waals surface area contributed by atoms with Crippen LogP contribution in [0.2, 0.25) is 0 Å². The number of anilines is 2. The Hall–Kier alpha value is -3.46. The van der Waals surface area contributed by atoms with Crippen molar-refractivity contribution in [3.63, 3.8) is 0 Å². The van der Waals surface area contributed by atoms with Crippen LogP contribution in [0.5, 0.6) is 5.75 Å². The minimum atomic E-state index is -4.07. The van der Waals surface area contributed by atoms with Crippen LogP contribution >= 0.6 is 7.29 Å². The second kappa shape index (κ2) is 7.55. The van der Waals surface area contributed by atoms with Crippen LogP contribution in [0.3, 0.4) is 0 Å². The molecule has 0 saturated heterocycles. The van der Waals surface area contributed by atoms with Crippen LogP contribution in [-0.4, -0.2) is 18.7 Å². The second-order valence-corrected chi connectivity index (χ2v) is 10.1. The van der Waals surface area contributed by atoms with Gasteiger partial charge in [0.25, 0.3) is 0 Å². The van der Waals surface area contributed by atoms with Crippen LogP contribution in [-0.2, 0) is 4.57 Å². The number of halogens is 5. The van der Waals surface area contributed by atoms with E-state index in [1.54, 1.807) is 13.0 Å². The van der Waals surface area contributed by atoms with Gasteiger partial charge in [0.05, 0.1) is 17.7 Å². The van der Waals surface area contributed by atoms with E-state index in [-0.39, 0.29) is 27.9 Å². The molecule has 1 heterocycles. The first-order valence-corrected chi connectivity index (χ1v) is 11.4. The van der Waals surface area contributed by atoms with Gasteiger partial charge in [0.1, 0.15) is 5.69 Å². The third-order valence-corrected chi connectivity index (χ3v) is 7.84. The molecule has 1 aliphatic heterocycles. The van der Waals surface area contributed by atoms with Gasteiger partial charge in [-0.05, 0) is 18.6 Å². The highest BCUT2D eigenvalue weighted by atomic mass is 31.2. The summed E-state index contributed by atoms with van der Waals surface area (Å²) in [5, 5.41) is 11.6. The van der Waals surface area contributed by atoms with E-state index in [1.165, 1.54) is 12.1 Å². The van der Waals surface area contributed by atoms with E-state index in [0.717, 1.165) is 25.9 Å². The molecule has 1 aliphatic rings. The van der Waals surface area contributed by atoms with Crippen LogP contribution in [0, 0.1) is 46.1 Å². The minimum Gasteiger partial charge on any atom is -0.490 e. The number of rotatable bonds is 3. The monoisotopic (exact) mass is 484 g/mol. The van der Waals surface area contributed by atoms with E-state index in [0.29, 0.717) is 10.2 Å². The second-order valence-electron chi connectivity index (χ2n) is 7.43. The quantitative estimate of drug-likeness (QED) is 0.115. The van der Waals surface area contributed by atoms with E-state index < -0.39 is 52.7 Å². The number of ether oxygens (including phenoxy) is 1. The summed E-state index contributed by atoms with van der Waals surface area (Å²) in [7, 11) is -2.97. The number of aryl methyl sites for hydroxylation is 1. The van der Waals surface area contributed by atoms with Gasteiger partial charge in [0, 0.05) is 29.7 Å². The number of benzene rings is 3. The zero-order valence-corrected chi connectivity index (χ0v) is 18.1. The molecular weight excluding hydrogens is 470 g/mol. The van der Waals surface area contributed by atoms with Gasteiger partial charge < -0.3 is 4.74 Å². The molecule has 0 spiro atoms. The Labute approximate surface area is 183 Å². The molecule has 6 nitrogen and oxygen atoms in total. The van der Waals surface area contributed by atoms with Crippen molar-refractivity contribution in [2.24, 2.45) is 0 Å². The molecule has 0 amide bonds. The lowest BCUT2D eigenvalue weighted by Gasteiger charge is -2.38. The summed E-state index contributed by atoms with van der Waals surface area (Å²) < 4.78 is 91.1. The number of methoxy groups -OCH3 is 1. The van der Waals surface area contributed by atoms with Gasteiger partial charge >= 0.3 is 5.69 Å². The van der Waals surface area contributed by atoms with E-state index in [4.69, 9.17) is 4.74 Å². The molecule has 4 rings (SSSR count). The predicted octanol–water partition coefficient (Wildman–Crippen LogP) is 5.96.